The van der Waals surface area contributed by atoms with Crippen LogP contribution in [0.25, 0.3) is 10.4 Å². The summed E-state index contributed by atoms with van der Waals surface area (Å²) in [5.41, 5.74) is 12.5. The monoisotopic (exact) mass is 615 g/mol. The Bertz CT molecular complexity index is 1490. The van der Waals surface area contributed by atoms with E-state index < -0.39 is 46.6 Å². The second-order valence-corrected chi connectivity index (χ2v) is 10.7. The van der Waals surface area contributed by atoms with Crippen LogP contribution in [0.15, 0.2) is 76.6 Å². The van der Waals surface area contributed by atoms with Crippen LogP contribution >= 0.6 is 11.3 Å². The van der Waals surface area contributed by atoms with Crippen molar-refractivity contribution in [1.29, 1.82) is 0 Å². The van der Waals surface area contributed by atoms with Gasteiger partial charge in [-0.25, -0.2) is 18.2 Å². The topological polar surface area (TPSA) is 214 Å². The number of guanidine groups is 1. The lowest BCUT2D eigenvalue weighted by atomic mass is 10.1. The first-order valence-corrected chi connectivity index (χ1v) is 13.5. The number of carbonyl (C=O) groups is 3. The number of halogens is 3. The van der Waals surface area contributed by atoms with E-state index in [9.17, 15) is 36.3 Å². The molecule has 1 amide bonds. The molecule has 41 heavy (non-hydrogen) atoms. The maximum absolute atomic E-state index is 12.5. The molecule has 0 bridgehead atoms. The molecule has 2 aromatic carbocycles. The molecule has 3 aromatic rings. The highest BCUT2D eigenvalue weighted by Crippen LogP contribution is 2.28. The SMILES string of the molecule is NC(N)=NCc1ccc(-c2ccc(C(=O)NCC(NS(=O)(=O)c3ccccc3)C(=O)O)s2)cc1.O=C(O)C(F)(F)F. The molecule has 0 fully saturated rings. The summed E-state index contributed by atoms with van der Waals surface area (Å²) < 4.78 is 58.7. The minimum absolute atomic E-state index is 0.0102. The second-order valence-electron chi connectivity index (χ2n) is 7.94. The molecule has 0 radical (unpaired) electrons. The van der Waals surface area contributed by atoms with Gasteiger partial charge in [-0.05, 0) is 35.4 Å². The molecule has 12 nitrogen and oxygen atoms in total. The molecule has 8 N–H and O–H groups in total. The smallest absolute Gasteiger partial charge is 0.480 e. The minimum atomic E-state index is -5.08. The third-order valence-electron chi connectivity index (χ3n) is 4.87. The molecule has 17 heteroatoms. The predicted octanol–water partition coefficient (Wildman–Crippen LogP) is 1.98. The summed E-state index contributed by atoms with van der Waals surface area (Å²) in [7, 11) is -4.06. The number of alkyl halides is 3. The van der Waals surface area contributed by atoms with Gasteiger partial charge in [-0.1, -0.05) is 42.5 Å². The molecule has 1 aromatic heterocycles. The van der Waals surface area contributed by atoms with Crippen LogP contribution in [-0.2, 0) is 26.2 Å². The van der Waals surface area contributed by atoms with Crippen LogP contribution in [0.4, 0.5) is 13.2 Å². The van der Waals surface area contributed by atoms with Gasteiger partial charge in [0.05, 0.1) is 16.3 Å². The van der Waals surface area contributed by atoms with Gasteiger partial charge in [-0.2, -0.15) is 17.9 Å². The van der Waals surface area contributed by atoms with Crippen molar-refractivity contribution in [2.24, 2.45) is 16.5 Å². The highest BCUT2D eigenvalue weighted by atomic mass is 32.2. The van der Waals surface area contributed by atoms with E-state index >= 15 is 0 Å². The largest absolute Gasteiger partial charge is 0.490 e. The first-order valence-electron chi connectivity index (χ1n) is 11.2. The zero-order chi connectivity index (χ0) is 30.8. The Morgan fingerprint density at radius 2 is 1.54 bits per heavy atom. The predicted molar refractivity (Wildman–Crippen MR) is 143 cm³/mol. The maximum atomic E-state index is 12.5. The summed E-state index contributed by atoms with van der Waals surface area (Å²) in [4.78, 5) is 38.1. The molecular formula is C24H24F3N5O7S2. The molecule has 0 saturated carbocycles. The van der Waals surface area contributed by atoms with Crippen LogP contribution in [0.2, 0.25) is 0 Å². The molecule has 1 heterocycles. The van der Waals surface area contributed by atoms with Crippen LogP contribution in [-0.4, -0.2) is 61.2 Å². The number of aliphatic imine (C=N–C) groups is 1. The number of carboxylic acid groups (broad SMARTS) is 2. The normalized spacial score (nSPS) is 11.9. The third kappa shape index (κ3) is 10.5. The molecule has 220 valence electrons. The van der Waals surface area contributed by atoms with Crippen molar-refractivity contribution < 1.29 is 46.2 Å². The fourth-order valence-electron chi connectivity index (χ4n) is 2.89. The number of rotatable bonds is 10. The van der Waals surface area contributed by atoms with Gasteiger partial charge in [0.1, 0.15) is 6.04 Å². The fraction of sp³-hybridized carbons (Fsp3) is 0.167. The lowest BCUT2D eigenvalue weighted by Gasteiger charge is -2.15. The molecule has 0 aliphatic heterocycles. The van der Waals surface area contributed by atoms with Crippen LogP contribution in [0.5, 0.6) is 0 Å². The highest BCUT2D eigenvalue weighted by molar-refractivity contribution is 7.89. The van der Waals surface area contributed by atoms with E-state index in [0.717, 1.165) is 16.0 Å². The number of hydrogen-bond donors (Lipinski definition) is 6. The zero-order valence-corrected chi connectivity index (χ0v) is 22.5. The van der Waals surface area contributed by atoms with Crippen molar-refractivity contribution in [2.75, 3.05) is 6.54 Å². The first kappa shape index (κ1) is 32.7. The Kier molecular flexibility index (Phi) is 11.4. The van der Waals surface area contributed by atoms with Crippen molar-refractivity contribution in [1.82, 2.24) is 10.0 Å². The van der Waals surface area contributed by atoms with E-state index in [-0.39, 0.29) is 10.9 Å². The van der Waals surface area contributed by atoms with Crippen molar-refractivity contribution >= 4 is 45.2 Å². The van der Waals surface area contributed by atoms with Gasteiger partial charge in [0.2, 0.25) is 10.0 Å². The molecule has 1 unspecified atom stereocenters. The lowest BCUT2D eigenvalue weighted by molar-refractivity contribution is -0.192. The van der Waals surface area contributed by atoms with E-state index in [1.165, 1.54) is 35.6 Å². The lowest BCUT2D eigenvalue weighted by Crippen LogP contribution is -2.48. The molecular weight excluding hydrogens is 591 g/mol. The van der Waals surface area contributed by atoms with Crippen molar-refractivity contribution in [3.63, 3.8) is 0 Å². The van der Waals surface area contributed by atoms with E-state index in [1.807, 2.05) is 24.3 Å². The summed E-state index contributed by atoms with van der Waals surface area (Å²) in [6.45, 7) is -0.0631. The van der Waals surface area contributed by atoms with E-state index in [1.54, 1.807) is 18.2 Å². The Labute approximate surface area is 235 Å². The number of sulfonamides is 1. The van der Waals surface area contributed by atoms with Gasteiger partial charge < -0.3 is 27.0 Å². The molecule has 0 aliphatic carbocycles. The number of thiophene rings is 1. The molecule has 1 atom stereocenters. The summed E-state index contributed by atoms with van der Waals surface area (Å²) in [5.74, 6) is -4.67. The van der Waals surface area contributed by atoms with Crippen LogP contribution in [0.3, 0.4) is 0 Å². The molecule has 3 rings (SSSR count). The Morgan fingerprint density at radius 1 is 0.951 bits per heavy atom. The summed E-state index contributed by atoms with van der Waals surface area (Å²) >= 11 is 1.22. The van der Waals surface area contributed by atoms with Gasteiger partial charge in [0, 0.05) is 11.4 Å². The van der Waals surface area contributed by atoms with Crippen molar-refractivity contribution in [3.05, 3.63) is 77.2 Å². The van der Waals surface area contributed by atoms with Gasteiger partial charge in [-0.3, -0.25) is 9.59 Å². The summed E-state index contributed by atoms with van der Waals surface area (Å²) in [6.07, 6.45) is -5.08. The molecule has 0 aliphatic rings. The van der Waals surface area contributed by atoms with E-state index in [2.05, 4.69) is 15.0 Å². The van der Waals surface area contributed by atoms with Crippen LogP contribution < -0.4 is 21.5 Å². The molecule has 0 spiro atoms. The number of hydrogen-bond acceptors (Lipinski definition) is 7. The van der Waals surface area contributed by atoms with Crippen molar-refractivity contribution in [2.45, 2.75) is 23.7 Å². The van der Waals surface area contributed by atoms with E-state index in [4.69, 9.17) is 21.4 Å². The average molecular weight is 616 g/mol. The number of carboxylic acids is 2. The summed E-state index contributed by atoms with van der Waals surface area (Å²) in [5, 5.41) is 19.0. The average Bonchev–Trinajstić information content (AvgIpc) is 3.41. The number of carbonyl (C=O) groups excluding carboxylic acids is 1. The standard InChI is InChI=1S/C22H23N5O5S2.C2HF3O2/c23-22(24)26-12-14-6-8-15(9-7-14)18-10-11-19(33-18)20(28)25-13-17(21(29)30)27-34(31,32)16-4-2-1-3-5-16;3-2(4,5)1(6)7/h1-11,17,27H,12-13H2,(H,25,28)(H,29,30)(H4,23,24,26);(H,6,7). The number of nitrogens with one attached hydrogen (secondary N) is 2. The zero-order valence-electron chi connectivity index (χ0n) is 20.8. The Balaban J connectivity index is 0.000000745. The van der Waals surface area contributed by atoms with Crippen LogP contribution in [0, 0.1) is 0 Å². The first-order chi connectivity index (χ1) is 19.1. The second kappa shape index (κ2) is 14.2. The van der Waals surface area contributed by atoms with Gasteiger partial charge in [-0.15, -0.1) is 11.3 Å². The summed E-state index contributed by atoms with van der Waals surface area (Å²) in [6, 6.07) is 16.7. The van der Waals surface area contributed by atoms with Crippen LogP contribution in [0.1, 0.15) is 15.2 Å². The minimum Gasteiger partial charge on any atom is -0.480 e. The number of nitrogens with two attached hydrogens (primary N) is 2. The van der Waals surface area contributed by atoms with E-state index in [0.29, 0.717) is 11.4 Å². The van der Waals surface area contributed by atoms with Gasteiger partial charge >= 0.3 is 18.1 Å². The number of aliphatic carboxylic acids is 2. The quantitative estimate of drug-likeness (QED) is 0.145. The highest BCUT2D eigenvalue weighted by Gasteiger charge is 2.38. The van der Waals surface area contributed by atoms with Crippen molar-refractivity contribution in [3.8, 4) is 10.4 Å². The maximum Gasteiger partial charge on any atom is 0.490 e. The Morgan fingerprint density at radius 3 is 2.05 bits per heavy atom. The number of amides is 1. The molecule has 0 saturated heterocycles. The number of benzene rings is 2. The van der Waals surface area contributed by atoms with Gasteiger partial charge in [0.25, 0.3) is 5.91 Å². The number of nitrogens with zero attached hydrogens (tertiary/aromatic N) is 1. The van der Waals surface area contributed by atoms with Gasteiger partial charge in [0.15, 0.2) is 5.96 Å². The Hall–Kier alpha value is -4.48. The third-order valence-corrected chi connectivity index (χ3v) is 7.49. The fourth-order valence-corrected chi connectivity index (χ4v) is 5.03.